The van der Waals surface area contributed by atoms with E-state index >= 15 is 0 Å². The zero-order valence-corrected chi connectivity index (χ0v) is 36.0. The van der Waals surface area contributed by atoms with Gasteiger partial charge in [0.25, 0.3) is 5.91 Å². The van der Waals surface area contributed by atoms with Crippen molar-refractivity contribution in [1.82, 2.24) is 36.1 Å². The van der Waals surface area contributed by atoms with Crippen LogP contribution in [0, 0.1) is 5.92 Å². The molecule has 0 spiro atoms. The third kappa shape index (κ3) is 11.3. The highest BCUT2D eigenvalue weighted by Gasteiger charge is 2.49. The van der Waals surface area contributed by atoms with E-state index < -0.39 is 40.9 Å². The summed E-state index contributed by atoms with van der Waals surface area (Å²) >= 11 is 3.24. The van der Waals surface area contributed by atoms with Crippen LogP contribution in [-0.4, -0.2) is 94.2 Å². The Labute approximate surface area is 360 Å². The number of pyridine rings is 2. The topological polar surface area (TPSA) is 186 Å². The molecule has 4 aromatic rings. The van der Waals surface area contributed by atoms with E-state index in [9.17, 15) is 29.4 Å². The van der Waals surface area contributed by atoms with Crippen molar-refractivity contribution in [1.29, 1.82) is 0 Å². The van der Waals surface area contributed by atoms with E-state index in [0.29, 0.717) is 19.4 Å². The van der Waals surface area contributed by atoms with Gasteiger partial charge in [-0.3, -0.25) is 34.5 Å². The molecule has 4 heterocycles. The van der Waals surface area contributed by atoms with Crippen molar-refractivity contribution >= 4 is 47.2 Å². The lowest BCUT2D eigenvalue weighted by atomic mass is 9.91. The highest BCUT2D eigenvalue weighted by Crippen LogP contribution is 2.40. The van der Waals surface area contributed by atoms with Crippen LogP contribution in [0.1, 0.15) is 68.0 Å². The maximum absolute atomic E-state index is 13.7. The minimum absolute atomic E-state index is 0.0426. The number of aliphatic hydroxyl groups excluding tert-OH is 2. The van der Waals surface area contributed by atoms with Crippen molar-refractivity contribution in [3.63, 3.8) is 0 Å². The lowest BCUT2D eigenvalue weighted by Gasteiger charge is -2.32. The number of nitrogens with one attached hydrogen (secondary N) is 4. The molecule has 6 atom stereocenters. The van der Waals surface area contributed by atoms with Crippen LogP contribution in [0.25, 0.3) is 0 Å². The molecule has 60 heavy (non-hydrogen) atoms. The van der Waals surface area contributed by atoms with E-state index in [0.717, 1.165) is 33.7 Å². The number of aliphatic hydroxyl groups is 2. The third-order valence-corrected chi connectivity index (χ3v) is 13.8. The van der Waals surface area contributed by atoms with Gasteiger partial charge in [-0.05, 0) is 80.5 Å². The fraction of sp³-hybridized carbons (Fsp3) is 0.422. The van der Waals surface area contributed by atoms with Crippen LogP contribution in [-0.2, 0) is 45.1 Å². The first-order valence-electron chi connectivity index (χ1n) is 20.2. The molecule has 2 aromatic heterocycles. The van der Waals surface area contributed by atoms with Crippen molar-refractivity contribution in [3.8, 4) is 0 Å². The van der Waals surface area contributed by atoms with Gasteiger partial charge in [-0.2, -0.15) is 0 Å². The number of carbonyl (C=O) groups excluding carboxylic acids is 4. The number of thioether (sulfide) groups is 2. The van der Waals surface area contributed by atoms with Crippen LogP contribution in [0.2, 0.25) is 0 Å². The largest absolute Gasteiger partial charge is 0.390 e. The Morgan fingerprint density at radius 3 is 2.05 bits per heavy atom. The molecule has 3 aliphatic rings. The van der Waals surface area contributed by atoms with Crippen molar-refractivity contribution < 1.29 is 29.4 Å². The van der Waals surface area contributed by atoms with Gasteiger partial charge < -0.3 is 31.1 Å². The van der Waals surface area contributed by atoms with Gasteiger partial charge in [-0.25, -0.2) is 0 Å². The number of hydrogen-bond donors (Lipinski definition) is 6. The van der Waals surface area contributed by atoms with Gasteiger partial charge in [-0.1, -0.05) is 66.7 Å². The summed E-state index contributed by atoms with van der Waals surface area (Å²) in [5, 5.41) is 34.0. The van der Waals surface area contributed by atoms with E-state index in [4.69, 9.17) is 0 Å². The minimum atomic E-state index is -1.50. The molecule has 7 rings (SSSR count). The second kappa shape index (κ2) is 20.2. The Balaban J connectivity index is 0.000000296. The molecule has 1 aliphatic carbocycles. The Hall–Kier alpha value is -4.80. The Kier molecular flexibility index (Phi) is 15.0. The standard InChI is InChI=1S/C33H38N4O5S.C12H17N3OS/c1-33(2)29(31(41)35-19-22-11-8-14-34-18-22)37(20-43-33)32(42)27(39)17-24(15-21-9-4-3-5-10-21)30(40)36-28-25-13-7-6-12-23(25)16-26(28)38;1-12(2)10(15-8-17-12)11(16)14-7-9-4-3-5-13-6-9/h3-14,18,24,26-29,38-39H,15-17,19-20H2,1-2H3,(H,35,41)(H,36,40);3-6,10,15H,7-8H2,1-2H3,(H,14,16)/t24-,26-,27+,28+,29-;10-/m11/s1. The Morgan fingerprint density at radius 2 is 1.43 bits per heavy atom. The predicted octanol–water partition coefficient (Wildman–Crippen LogP) is 3.90. The van der Waals surface area contributed by atoms with Gasteiger partial charge in [0.05, 0.1) is 18.0 Å². The van der Waals surface area contributed by atoms with Gasteiger partial charge in [0.15, 0.2) is 0 Å². The zero-order valence-electron chi connectivity index (χ0n) is 34.4. The van der Waals surface area contributed by atoms with Crippen LogP contribution in [0.5, 0.6) is 0 Å². The first kappa shape index (κ1) is 44.7. The highest BCUT2D eigenvalue weighted by molar-refractivity contribution is 8.01. The highest BCUT2D eigenvalue weighted by atomic mass is 32.2. The molecule has 0 radical (unpaired) electrons. The van der Waals surface area contributed by atoms with E-state index in [-0.39, 0.29) is 47.4 Å². The molecule has 15 heteroatoms. The van der Waals surface area contributed by atoms with Gasteiger partial charge >= 0.3 is 0 Å². The second-order valence-corrected chi connectivity index (χ2v) is 19.6. The summed E-state index contributed by atoms with van der Waals surface area (Å²) in [5.74, 6) is -0.861. The summed E-state index contributed by atoms with van der Waals surface area (Å²) < 4.78 is -0.625. The van der Waals surface area contributed by atoms with E-state index in [2.05, 4.69) is 45.1 Å². The van der Waals surface area contributed by atoms with E-state index in [1.165, 1.54) is 16.7 Å². The van der Waals surface area contributed by atoms with Crippen LogP contribution in [0.4, 0.5) is 0 Å². The predicted molar refractivity (Wildman–Crippen MR) is 234 cm³/mol. The summed E-state index contributed by atoms with van der Waals surface area (Å²) in [4.78, 5) is 62.3. The average Bonchev–Trinajstić information content (AvgIpc) is 3.89. The fourth-order valence-electron chi connectivity index (χ4n) is 7.81. The number of amides is 4. The number of rotatable bonds is 13. The molecule has 13 nitrogen and oxygen atoms in total. The fourth-order valence-corrected chi connectivity index (χ4v) is 9.93. The van der Waals surface area contributed by atoms with Crippen molar-refractivity contribution in [2.45, 2.75) is 99.9 Å². The number of nitrogens with zero attached hydrogens (tertiary/aromatic N) is 3. The number of carbonyl (C=O) groups is 4. The molecule has 2 fully saturated rings. The maximum atomic E-state index is 13.7. The lowest BCUT2D eigenvalue weighted by molar-refractivity contribution is -0.147. The molecule has 0 unspecified atom stereocenters. The molecule has 318 valence electrons. The van der Waals surface area contributed by atoms with Crippen molar-refractivity contribution in [3.05, 3.63) is 131 Å². The SMILES string of the molecule is CC1(C)SCN(C(=O)[C@@H](O)C[C@@H](Cc2ccccc2)C(=O)N[C@H]2c3ccccc3C[C@H]2O)[C@@H]1C(=O)NCc1cccnc1.CC1(C)SCN[C@@H]1C(=O)NCc1cccnc1. The van der Waals surface area contributed by atoms with Gasteiger partial charge in [0.1, 0.15) is 18.2 Å². The third-order valence-electron chi connectivity index (χ3n) is 11.1. The molecule has 6 N–H and O–H groups in total. The number of benzene rings is 2. The summed E-state index contributed by atoms with van der Waals surface area (Å²) in [6.07, 6.45) is 5.17. The number of hydrogen-bond acceptors (Lipinski definition) is 11. The molecule has 4 amide bonds. The summed E-state index contributed by atoms with van der Waals surface area (Å²) in [5.41, 5.74) is 4.60. The molecular weight excluding hydrogens is 799 g/mol. The van der Waals surface area contributed by atoms with Crippen LogP contribution >= 0.6 is 23.5 Å². The smallest absolute Gasteiger partial charge is 0.252 e. The maximum Gasteiger partial charge on any atom is 0.252 e. The molecule has 2 aromatic carbocycles. The average molecular weight is 854 g/mol. The van der Waals surface area contributed by atoms with Crippen LogP contribution in [0.15, 0.2) is 104 Å². The lowest BCUT2D eigenvalue weighted by Crippen LogP contribution is -2.55. The van der Waals surface area contributed by atoms with Crippen LogP contribution < -0.4 is 21.3 Å². The normalized spacial score (nSPS) is 22.1. The molecule has 0 bridgehead atoms. The second-order valence-electron chi connectivity index (χ2n) is 16.4. The van der Waals surface area contributed by atoms with E-state index in [1.807, 2.05) is 86.6 Å². The molecule has 2 saturated heterocycles. The summed E-state index contributed by atoms with van der Waals surface area (Å²) in [6.45, 7) is 8.79. The quantitative estimate of drug-likeness (QED) is 0.115. The summed E-state index contributed by atoms with van der Waals surface area (Å²) in [6, 6.07) is 23.0. The van der Waals surface area contributed by atoms with Crippen molar-refractivity contribution in [2.75, 3.05) is 11.8 Å². The zero-order chi connectivity index (χ0) is 42.9. The molecule has 2 aliphatic heterocycles. The van der Waals surface area contributed by atoms with Gasteiger partial charge in [0.2, 0.25) is 17.7 Å². The molecular formula is C45H55N7O6S2. The van der Waals surface area contributed by atoms with Crippen molar-refractivity contribution in [2.24, 2.45) is 5.92 Å². The first-order chi connectivity index (χ1) is 28.7. The monoisotopic (exact) mass is 853 g/mol. The Morgan fingerprint density at radius 1 is 0.817 bits per heavy atom. The van der Waals surface area contributed by atoms with Gasteiger partial charge in [0, 0.05) is 65.6 Å². The first-order valence-corrected chi connectivity index (χ1v) is 22.1. The van der Waals surface area contributed by atoms with Crippen LogP contribution in [0.3, 0.4) is 0 Å². The summed E-state index contributed by atoms with van der Waals surface area (Å²) in [7, 11) is 0. The van der Waals surface area contributed by atoms with Gasteiger partial charge in [-0.15, -0.1) is 23.5 Å². The van der Waals surface area contributed by atoms with E-state index in [1.54, 1.807) is 42.6 Å². The number of aromatic nitrogens is 2. The number of fused-ring (bicyclic) bond motifs is 1. The Bertz CT molecular complexity index is 2080. The molecule has 0 saturated carbocycles. The minimum Gasteiger partial charge on any atom is -0.390 e.